The number of aryl methyl sites for hydroxylation is 1. The number of hydrogen-bond donors (Lipinski definition) is 0. The fraction of sp³-hybridized carbons (Fsp3) is 0.405. The summed E-state index contributed by atoms with van der Waals surface area (Å²) >= 11 is 0. The summed E-state index contributed by atoms with van der Waals surface area (Å²) in [5.74, 6) is 0.655. The maximum Gasteiger partial charge on any atom is 0.343 e. The fourth-order valence-corrected chi connectivity index (χ4v) is 5.26. The molecule has 0 radical (unpaired) electrons. The quantitative estimate of drug-likeness (QED) is 0.0253. The van der Waals surface area contributed by atoms with E-state index < -0.39 is 10.9 Å². The molecule has 0 spiro atoms. The molecule has 9 nitrogen and oxygen atoms in total. The van der Waals surface area contributed by atoms with Crippen LogP contribution in [0, 0.1) is 10.1 Å². The lowest BCUT2D eigenvalue weighted by Gasteiger charge is -2.21. The van der Waals surface area contributed by atoms with Crippen molar-refractivity contribution in [2.24, 2.45) is 0 Å². The van der Waals surface area contributed by atoms with Gasteiger partial charge in [-0.05, 0) is 93.4 Å². The maximum atomic E-state index is 13.6. The largest absolute Gasteiger partial charge is 0.494 e. The molecule has 0 atom stereocenters. The molecule has 9 heteroatoms. The van der Waals surface area contributed by atoms with Gasteiger partial charge in [0.25, 0.3) is 5.69 Å². The molecule has 46 heavy (non-hydrogen) atoms. The molecular weight excluding hydrogens is 584 g/mol. The van der Waals surface area contributed by atoms with Crippen LogP contribution in [0.4, 0.5) is 5.69 Å². The molecule has 4 rings (SSSR count). The van der Waals surface area contributed by atoms with Gasteiger partial charge in [-0.3, -0.25) is 14.9 Å². The van der Waals surface area contributed by atoms with E-state index in [1.807, 2.05) is 6.92 Å². The molecule has 0 fully saturated rings. The summed E-state index contributed by atoms with van der Waals surface area (Å²) in [6, 6.07) is 17.4. The van der Waals surface area contributed by atoms with Crippen LogP contribution in [0.3, 0.4) is 0 Å². The minimum Gasteiger partial charge on any atom is -0.494 e. The maximum absolute atomic E-state index is 13.6. The highest BCUT2D eigenvalue weighted by Gasteiger charge is 2.24. The summed E-state index contributed by atoms with van der Waals surface area (Å²) in [5.41, 5.74) is 1.37. The molecule has 0 amide bonds. The van der Waals surface area contributed by atoms with Crippen LogP contribution in [0.2, 0.25) is 0 Å². The first-order valence-corrected chi connectivity index (χ1v) is 16.4. The Kier molecular flexibility index (Phi) is 12.9. The number of nitro benzene ring substituents is 1. The van der Waals surface area contributed by atoms with Gasteiger partial charge in [0.2, 0.25) is 0 Å². The topological polar surface area (TPSA) is 112 Å². The number of benzene rings is 3. The standard InChI is InChI=1S/C37H44N2O7/c1-4-7-11-34-35(32-26-29(39(42)43)16-21-33(32)46-34)36(40)27-12-19-31(20-13-27)45-37(41)28-14-17-30(18-15-28)44-25-10-24-38(22-8-5-2)23-9-6-3/h12-21,26H,4-11,22-25H2,1-3H3. The Labute approximate surface area is 270 Å². The van der Waals surface area contributed by atoms with Crippen molar-refractivity contribution in [3.05, 3.63) is 99.3 Å². The van der Waals surface area contributed by atoms with Gasteiger partial charge in [0.05, 0.1) is 22.7 Å². The molecule has 0 saturated carbocycles. The monoisotopic (exact) mass is 628 g/mol. The van der Waals surface area contributed by atoms with Crippen molar-refractivity contribution in [2.75, 3.05) is 26.2 Å². The van der Waals surface area contributed by atoms with Crippen molar-refractivity contribution >= 4 is 28.4 Å². The molecule has 0 aliphatic heterocycles. The van der Waals surface area contributed by atoms with Crippen LogP contribution < -0.4 is 9.47 Å². The zero-order valence-corrected chi connectivity index (χ0v) is 27.1. The number of nitrogens with zero attached hydrogens (tertiary/aromatic N) is 2. The number of nitro groups is 1. The lowest BCUT2D eigenvalue weighted by Crippen LogP contribution is -2.28. The first-order valence-electron chi connectivity index (χ1n) is 16.4. The van der Waals surface area contributed by atoms with E-state index in [2.05, 4.69) is 18.7 Å². The van der Waals surface area contributed by atoms with Crippen molar-refractivity contribution in [3.63, 3.8) is 0 Å². The first-order chi connectivity index (χ1) is 22.3. The highest BCUT2D eigenvalue weighted by molar-refractivity contribution is 6.17. The van der Waals surface area contributed by atoms with E-state index >= 15 is 0 Å². The van der Waals surface area contributed by atoms with Crippen LogP contribution >= 0.6 is 0 Å². The van der Waals surface area contributed by atoms with Gasteiger partial charge in [0.15, 0.2) is 5.78 Å². The lowest BCUT2D eigenvalue weighted by molar-refractivity contribution is -0.384. The molecule has 0 N–H and O–H groups in total. The van der Waals surface area contributed by atoms with Gasteiger partial charge < -0.3 is 18.8 Å². The van der Waals surface area contributed by atoms with Crippen LogP contribution in [0.25, 0.3) is 11.0 Å². The number of carbonyl (C=O) groups excluding carboxylic acids is 2. The third-order valence-corrected chi connectivity index (χ3v) is 7.90. The lowest BCUT2D eigenvalue weighted by atomic mass is 9.98. The number of non-ortho nitro benzene ring substituents is 1. The minimum atomic E-state index is -0.525. The average molecular weight is 629 g/mol. The number of hydrogen-bond acceptors (Lipinski definition) is 8. The fourth-order valence-electron chi connectivity index (χ4n) is 5.26. The number of unbranched alkanes of at least 4 members (excludes halogenated alkanes) is 3. The summed E-state index contributed by atoms with van der Waals surface area (Å²) in [7, 11) is 0. The molecule has 0 unspecified atom stereocenters. The van der Waals surface area contributed by atoms with Gasteiger partial charge in [0.1, 0.15) is 22.8 Å². The van der Waals surface area contributed by atoms with E-state index in [1.54, 1.807) is 48.5 Å². The van der Waals surface area contributed by atoms with Crippen molar-refractivity contribution in [2.45, 2.75) is 72.1 Å². The van der Waals surface area contributed by atoms with Gasteiger partial charge in [-0.25, -0.2) is 4.79 Å². The summed E-state index contributed by atoms with van der Waals surface area (Å²) in [6.45, 7) is 10.3. The van der Waals surface area contributed by atoms with Crippen molar-refractivity contribution in [1.82, 2.24) is 4.90 Å². The predicted molar refractivity (Wildman–Crippen MR) is 179 cm³/mol. The average Bonchev–Trinajstić information content (AvgIpc) is 3.44. The molecule has 3 aromatic carbocycles. The highest BCUT2D eigenvalue weighted by Crippen LogP contribution is 2.32. The van der Waals surface area contributed by atoms with E-state index in [0.717, 1.165) is 38.9 Å². The van der Waals surface area contributed by atoms with Gasteiger partial charge in [-0.2, -0.15) is 0 Å². The van der Waals surface area contributed by atoms with Crippen molar-refractivity contribution in [3.8, 4) is 11.5 Å². The second-order valence-corrected chi connectivity index (χ2v) is 11.5. The summed E-state index contributed by atoms with van der Waals surface area (Å²) in [5, 5.41) is 11.8. The number of fused-ring (bicyclic) bond motifs is 1. The van der Waals surface area contributed by atoms with Crippen LogP contribution in [0.1, 0.15) is 97.8 Å². The Morgan fingerprint density at radius 1 is 0.783 bits per heavy atom. The zero-order valence-electron chi connectivity index (χ0n) is 27.1. The number of esters is 1. The molecule has 4 aromatic rings. The van der Waals surface area contributed by atoms with Crippen LogP contribution in [-0.2, 0) is 6.42 Å². The number of furan rings is 1. The van der Waals surface area contributed by atoms with E-state index in [-0.39, 0.29) is 17.2 Å². The third kappa shape index (κ3) is 9.26. The Morgan fingerprint density at radius 2 is 1.39 bits per heavy atom. The summed E-state index contributed by atoms with van der Waals surface area (Å²) < 4.78 is 17.4. The molecule has 1 aromatic heterocycles. The summed E-state index contributed by atoms with van der Waals surface area (Å²) in [4.78, 5) is 39.9. The Morgan fingerprint density at radius 3 is 2.02 bits per heavy atom. The first kappa shape index (κ1) is 34.4. The Bertz CT molecular complexity index is 1580. The molecule has 0 saturated heterocycles. The second-order valence-electron chi connectivity index (χ2n) is 11.5. The van der Waals surface area contributed by atoms with Gasteiger partial charge in [0, 0.05) is 36.0 Å². The molecule has 0 bridgehead atoms. The SMILES string of the molecule is CCCCc1oc2ccc([N+](=O)[O-])cc2c1C(=O)c1ccc(OC(=O)c2ccc(OCCCN(CCCC)CCCC)cc2)cc1. The van der Waals surface area contributed by atoms with E-state index in [9.17, 15) is 19.7 Å². The predicted octanol–water partition coefficient (Wildman–Crippen LogP) is 8.80. The van der Waals surface area contributed by atoms with Crippen LogP contribution in [0.15, 0.2) is 71.1 Å². The number of rotatable bonds is 19. The van der Waals surface area contributed by atoms with E-state index in [4.69, 9.17) is 13.9 Å². The zero-order chi connectivity index (χ0) is 32.9. The Hall–Kier alpha value is -4.50. The third-order valence-electron chi connectivity index (χ3n) is 7.90. The van der Waals surface area contributed by atoms with E-state index in [1.165, 1.54) is 43.9 Å². The molecule has 244 valence electrons. The van der Waals surface area contributed by atoms with Gasteiger partial charge in [-0.15, -0.1) is 0 Å². The van der Waals surface area contributed by atoms with Crippen LogP contribution in [-0.4, -0.2) is 47.8 Å². The summed E-state index contributed by atoms with van der Waals surface area (Å²) in [6.07, 6.45) is 7.99. The van der Waals surface area contributed by atoms with Crippen molar-refractivity contribution in [1.29, 1.82) is 0 Å². The second kappa shape index (κ2) is 17.3. The van der Waals surface area contributed by atoms with E-state index in [0.29, 0.717) is 52.2 Å². The molecule has 0 aliphatic rings. The minimum absolute atomic E-state index is 0.113. The Balaban J connectivity index is 1.36. The van der Waals surface area contributed by atoms with Gasteiger partial charge in [-0.1, -0.05) is 40.0 Å². The molecular formula is C37H44N2O7. The highest BCUT2D eigenvalue weighted by atomic mass is 16.6. The van der Waals surface area contributed by atoms with Gasteiger partial charge >= 0.3 is 5.97 Å². The molecule has 1 heterocycles. The molecule has 0 aliphatic carbocycles. The number of ether oxygens (including phenoxy) is 2. The normalized spacial score (nSPS) is 11.2. The smallest absolute Gasteiger partial charge is 0.343 e. The number of ketones is 1. The van der Waals surface area contributed by atoms with Crippen LogP contribution in [0.5, 0.6) is 11.5 Å². The van der Waals surface area contributed by atoms with Crippen molar-refractivity contribution < 1.29 is 28.4 Å². The number of carbonyl (C=O) groups is 2.